The topological polar surface area (TPSA) is 59.9 Å². The fourth-order valence-electron chi connectivity index (χ4n) is 3.25. The monoisotopic (exact) mass is 293 g/mol. The third kappa shape index (κ3) is 2.62. The van der Waals surface area contributed by atoms with Gasteiger partial charge in [0.2, 0.25) is 0 Å². The first kappa shape index (κ1) is 14.4. The number of aromatic nitrogens is 1. The van der Waals surface area contributed by atoms with Crippen molar-refractivity contribution >= 4 is 5.91 Å². The molecule has 0 radical (unpaired) electrons. The minimum Gasteiger partial charge on any atom is -0.352 e. The van der Waals surface area contributed by atoms with Crippen LogP contribution in [-0.2, 0) is 5.41 Å². The van der Waals surface area contributed by atoms with Crippen molar-refractivity contribution in [2.75, 3.05) is 13.1 Å². The van der Waals surface area contributed by atoms with E-state index in [4.69, 9.17) is 5.26 Å². The molecule has 1 aliphatic rings. The number of carbonyl (C=O) groups excluding carboxylic acids is 1. The van der Waals surface area contributed by atoms with Crippen molar-refractivity contribution in [3.8, 4) is 6.07 Å². The van der Waals surface area contributed by atoms with E-state index in [1.165, 1.54) is 5.56 Å². The summed E-state index contributed by atoms with van der Waals surface area (Å²) in [6, 6.07) is 14.0. The van der Waals surface area contributed by atoms with Crippen molar-refractivity contribution in [2.45, 2.75) is 25.2 Å². The molecule has 2 heterocycles. The zero-order valence-corrected chi connectivity index (χ0v) is 12.7. The molecule has 1 amide bonds. The molecule has 1 aromatic heterocycles. The first-order valence-corrected chi connectivity index (χ1v) is 7.56. The van der Waals surface area contributed by atoms with Gasteiger partial charge in [0, 0.05) is 24.7 Å². The van der Waals surface area contributed by atoms with Crippen LogP contribution >= 0.6 is 0 Å². The molecule has 0 saturated carbocycles. The number of benzene rings is 1. The van der Waals surface area contributed by atoms with Crippen LogP contribution in [0.2, 0.25) is 0 Å². The summed E-state index contributed by atoms with van der Waals surface area (Å²) in [7, 11) is 0. The summed E-state index contributed by atoms with van der Waals surface area (Å²) >= 11 is 0. The molecule has 0 unspecified atom stereocenters. The summed E-state index contributed by atoms with van der Waals surface area (Å²) in [6.45, 7) is 3.71. The second kappa shape index (κ2) is 5.69. The number of nitrogens with one attached hydrogen (secondary N) is 1. The van der Waals surface area contributed by atoms with Crippen molar-refractivity contribution in [1.29, 1.82) is 5.26 Å². The maximum atomic E-state index is 12.6. The SMILES string of the molecule is C[C@@]1(c2ccccc2)CCCN(C(=O)c2c[nH]c(C#N)c2)C1. The van der Waals surface area contributed by atoms with Crippen molar-refractivity contribution in [3.05, 3.63) is 59.4 Å². The van der Waals surface area contributed by atoms with Gasteiger partial charge in [-0.2, -0.15) is 5.26 Å². The van der Waals surface area contributed by atoms with Crippen LogP contribution in [0, 0.1) is 11.3 Å². The number of hydrogen-bond donors (Lipinski definition) is 1. The molecule has 1 fully saturated rings. The van der Waals surface area contributed by atoms with Gasteiger partial charge in [-0.15, -0.1) is 0 Å². The maximum absolute atomic E-state index is 12.6. The molecular formula is C18H19N3O. The van der Waals surface area contributed by atoms with Crippen molar-refractivity contribution < 1.29 is 4.79 Å². The van der Waals surface area contributed by atoms with Gasteiger partial charge in [-0.05, 0) is 24.5 Å². The predicted octanol–water partition coefficient (Wildman–Crippen LogP) is 3.08. The lowest BCUT2D eigenvalue weighted by molar-refractivity contribution is 0.0651. The number of aromatic amines is 1. The van der Waals surface area contributed by atoms with Crippen LogP contribution in [0.25, 0.3) is 0 Å². The lowest BCUT2D eigenvalue weighted by atomic mass is 9.76. The summed E-state index contributed by atoms with van der Waals surface area (Å²) in [5, 5.41) is 8.87. The Kier molecular flexibility index (Phi) is 3.72. The van der Waals surface area contributed by atoms with E-state index < -0.39 is 0 Å². The van der Waals surface area contributed by atoms with Gasteiger partial charge >= 0.3 is 0 Å². The summed E-state index contributed by atoms with van der Waals surface area (Å²) in [5.41, 5.74) is 2.25. The van der Waals surface area contributed by atoms with E-state index in [1.807, 2.05) is 29.2 Å². The number of carbonyl (C=O) groups is 1. The molecule has 4 nitrogen and oxygen atoms in total. The molecule has 1 atom stereocenters. The average molecular weight is 293 g/mol. The fraction of sp³-hybridized carbons (Fsp3) is 0.333. The van der Waals surface area contributed by atoms with E-state index in [0.29, 0.717) is 17.8 Å². The van der Waals surface area contributed by atoms with Crippen LogP contribution in [-0.4, -0.2) is 28.9 Å². The second-order valence-corrected chi connectivity index (χ2v) is 6.17. The number of rotatable bonds is 2. The Balaban J connectivity index is 1.81. The maximum Gasteiger partial charge on any atom is 0.255 e. The van der Waals surface area contributed by atoms with Gasteiger partial charge in [-0.3, -0.25) is 4.79 Å². The molecule has 0 spiro atoms. The van der Waals surface area contributed by atoms with Crippen LogP contribution in [0.3, 0.4) is 0 Å². The molecule has 1 aromatic carbocycles. The summed E-state index contributed by atoms with van der Waals surface area (Å²) in [4.78, 5) is 17.4. The van der Waals surface area contributed by atoms with E-state index in [0.717, 1.165) is 19.4 Å². The molecular weight excluding hydrogens is 274 g/mol. The number of nitriles is 1. The molecule has 2 aromatic rings. The molecule has 4 heteroatoms. The summed E-state index contributed by atoms with van der Waals surface area (Å²) in [6.07, 6.45) is 3.69. The molecule has 1 saturated heterocycles. The Bertz CT molecular complexity index is 713. The highest BCUT2D eigenvalue weighted by Gasteiger charge is 2.34. The van der Waals surface area contributed by atoms with Crippen LogP contribution < -0.4 is 0 Å². The van der Waals surface area contributed by atoms with Gasteiger partial charge in [0.25, 0.3) is 5.91 Å². The number of hydrogen-bond acceptors (Lipinski definition) is 2. The Labute approximate surface area is 130 Å². The minimum absolute atomic E-state index is 0.000365. The highest BCUT2D eigenvalue weighted by Crippen LogP contribution is 2.34. The molecule has 1 aliphatic heterocycles. The van der Waals surface area contributed by atoms with E-state index in [1.54, 1.807) is 12.3 Å². The predicted molar refractivity (Wildman–Crippen MR) is 84.4 cm³/mol. The van der Waals surface area contributed by atoms with E-state index >= 15 is 0 Å². The largest absolute Gasteiger partial charge is 0.352 e. The van der Waals surface area contributed by atoms with Gasteiger partial charge in [0.1, 0.15) is 11.8 Å². The zero-order chi connectivity index (χ0) is 15.6. The number of amides is 1. The quantitative estimate of drug-likeness (QED) is 0.925. The standard InChI is InChI=1S/C18H19N3O/c1-18(15-6-3-2-4-7-15)8-5-9-21(13-18)17(22)14-10-16(11-19)20-12-14/h2-4,6-7,10,12,20H,5,8-9,13H2,1H3/t18-/m1/s1. The molecule has 0 bridgehead atoms. The number of nitrogens with zero attached hydrogens (tertiary/aromatic N) is 2. The first-order chi connectivity index (χ1) is 10.6. The second-order valence-electron chi connectivity index (χ2n) is 6.17. The zero-order valence-electron chi connectivity index (χ0n) is 12.7. The van der Waals surface area contributed by atoms with Gasteiger partial charge in [-0.25, -0.2) is 0 Å². The average Bonchev–Trinajstić information content (AvgIpc) is 3.04. The van der Waals surface area contributed by atoms with E-state index in [-0.39, 0.29) is 11.3 Å². The molecule has 22 heavy (non-hydrogen) atoms. The number of likely N-dealkylation sites (tertiary alicyclic amines) is 1. The minimum atomic E-state index is -0.0104. The number of H-pyrrole nitrogens is 1. The smallest absolute Gasteiger partial charge is 0.255 e. The Morgan fingerprint density at radius 3 is 2.82 bits per heavy atom. The third-order valence-electron chi connectivity index (χ3n) is 4.50. The Morgan fingerprint density at radius 2 is 2.14 bits per heavy atom. The summed E-state index contributed by atoms with van der Waals surface area (Å²) in [5.74, 6) is -0.000365. The molecule has 0 aliphatic carbocycles. The van der Waals surface area contributed by atoms with Crippen molar-refractivity contribution in [1.82, 2.24) is 9.88 Å². The highest BCUT2D eigenvalue weighted by atomic mass is 16.2. The van der Waals surface area contributed by atoms with Crippen LogP contribution in [0.15, 0.2) is 42.6 Å². The Hall–Kier alpha value is -2.54. The van der Waals surface area contributed by atoms with Gasteiger partial charge < -0.3 is 9.88 Å². The Morgan fingerprint density at radius 1 is 1.36 bits per heavy atom. The van der Waals surface area contributed by atoms with Crippen LogP contribution in [0.4, 0.5) is 0 Å². The lowest BCUT2D eigenvalue weighted by Gasteiger charge is -2.41. The molecule has 1 N–H and O–H groups in total. The van der Waals surface area contributed by atoms with Crippen LogP contribution in [0.1, 0.15) is 41.4 Å². The molecule has 3 rings (SSSR count). The van der Waals surface area contributed by atoms with Crippen molar-refractivity contribution in [3.63, 3.8) is 0 Å². The van der Waals surface area contributed by atoms with Crippen molar-refractivity contribution in [2.24, 2.45) is 0 Å². The normalized spacial score (nSPS) is 21.4. The molecule has 112 valence electrons. The lowest BCUT2D eigenvalue weighted by Crippen LogP contribution is -2.47. The van der Waals surface area contributed by atoms with Gasteiger partial charge in [-0.1, -0.05) is 37.3 Å². The van der Waals surface area contributed by atoms with Gasteiger partial charge in [0.15, 0.2) is 0 Å². The highest BCUT2D eigenvalue weighted by molar-refractivity contribution is 5.94. The summed E-state index contributed by atoms with van der Waals surface area (Å²) < 4.78 is 0. The fourth-order valence-corrected chi connectivity index (χ4v) is 3.25. The third-order valence-corrected chi connectivity index (χ3v) is 4.50. The van der Waals surface area contributed by atoms with Gasteiger partial charge in [0.05, 0.1) is 5.56 Å². The van der Waals surface area contributed by atoms with Crippen LogP contribution in [0.5, 0.6) is 0 Å². The number of piperidine rings is 1. The van der Waals surface area contributed by atoms with E-state index in [2.05, 4.69) is 24.0 Å². The first-order valence-electron chi connectivity index (χ1n) is 7.56. The van der Waals surface area contributed by atoms with E-state index in [9.17, 15) is 4.79 Å².